The maximum atomic E-state index is 6.06. The second kappa shape index (κ2) is 4.96. The molecule has 0 amide bonds. The lowest BCUT2D eigenvalue weighted by atomic mass is 10.1. The molecular formula is C17H18O2. The minimum atomic E-state index is 0.254. The van der Waals surface area contributed by atoms with Gasteiger partial charge in [0, 0.05) is 12.8 Å². The number of ether oxygens (including phenoxy) is 2. The van der Waals surface area contributed by atoms with Crippen LogP contribution in [-0.4, -0.2) is 13.2 Å². The summed E-state index contributed by atoms with van der Waals surface area (Å²) in [6, 6.07) is 14.3. The van der Waals surface area contributed by atoms with Crippen LogP contribution in [0.2, 0.25) is 0 Å². The van der Waals surface area contributed by atoms with E-state index >= 15 is 0 Å². The summed E-state index contributed by atoms with van der Waals surface area (Å²) < 4.78 is 11.2. The van der Waals surface area contributed by atoms with E-state index in [9.17, 15) is 0 Å². The van der Waals surface area contributed by atoms with Crippen LogP contribution in [0.1, 0.15) is 16.7 Å². The van der Waals surface area contributed by atoms with Crippen molar-refractivity contribution in [2.45, 2.75) is 25.9 Å². The molecule has 0 spiro atoms. The first-order chi connectivity index (χ1) is 9.26. The minimum Gasteiger partial charge on any atom is -0.497 e. The summed E-state index contributed by atoms with van der Waals surface area (Å²) >= 11 is 0. The fourth-order valence-electron chi connectivity index (χ4n) is 2.72. The van der Waals surface area contributed by atoms with Crippen LogP contribution < -0.4 is 9.47 Å². The monoisotopic (exact) mass is 254 g/mol. The van der Waals surface area contributed by atoms with E-state index in [4.69, 9.17) is 9.47 Å². The van der Waals surface area contributed by atoms with Crippen molar-refractivity contribution in [2.75, 3.05) is 7.11 Å². The van der Waals surface area contributed by atoms with Crippen molar-refractivity contribution >= 4 is 0 Å². The molecule has 0 aromatic heterocycles. The van der Waals surface area contributed by atoms with E-state index in [0.29, 0.717) is 0 Å². The number of benzene rings is 2. The van der Waals surface area contributed by atoms with Crippen molar-refractivity contribution in [2.24, 2.45) is 0 Å². The third-order valence-electron chi connectivity index (χ3n) is 3.75. The van der Waals surface area contributed by atoms with Gasteiger partial charge >= 0.3 is 0 Å². The van der Waals surface area contributed by atoms with Crippen molar-refractivity contribution in [1.29, 1.82) is 0 Å². The van der Waals surface area contributed by atoms with Crippen molar-refractivity contribution in [3.8, 4) is 11.5 Å². The molecule has 1 atom stereocenters. The molecule has 3 rings (SSSR count). The molecule has 2 aromatic rings. The van der Waals surface area contributed by atoms with Crippen LogP contribution in [0.3, 0.4) is 0 Å². The van der Waals surface area contributed by atoms with Gasteiger partial charge in [-0.2, -0.15) is 0 Å². The van der Waals surface area contributed by atoms with E-state index in [-0.39, 0.29) is 6.10 Å². The Morgan fingerprint density at radius 3 is 2.37 bits per heavy atom. The summed E-state index contributed by atoms with van der Waals surface area (Å²) in [5, 5.41) is 0. The van der Waals surface area contributed by atoms with E-state index in [1.165, 1.54) is 16.7 Å². The van der Waals surface area contributed by atoms with E-state index in [2.05, 4.69) is 25.1 Å². The first kappa shape index (κ1) is 12.1. The largest absolute Gasteiger partial charge is 0.497 e. The van der Waals surface area contributed by atoms with Crippen LogP contribution in [0.4, 0.5) is 0 Å². The van der Waals surface area contributed by atoms with E-state index in [0.717, 1.165) is 24.3 Å². The molecular weight excluding hydrogens is 236 g/mol. The average Bonchev–Trinajstić information content (AvgIpc) is 2.84. The van der Waals surface area contributed by atoms with E-state index in [1.807, 2.05) is 24.3 Å². The second-order valence-corrected chi connectivity index (χ2v) is 5.04. The molecule has 0 N–H and O–H groups in total. The van der Waals surface area contributed by atoms with Crippen LogP contribution in [0.5, 0.6) is 11.5 Å². The molecule has 0 bridgehead atoms. The van der Waals surface area contributed by atoms with Crippen LogP contribution in [0.15, 0.2) is 42.5 Å². The quantitative estimate of drug-likeness (QED) is 0.834. The van der Waals surface area contributed by atoms with Crippen LogP contribution in [0, 0.1) is 6.92 Å². The number of hydrogen-bond donors (Lipinski definition) is 0. The highest BCUT2D eigenvalue weighted by atomic mass is 16.5. The lowest BCUT2D eigenvalue weighted by Crippen LogP contribution is -2.16. The third kappa shape index (κ3) is 2.43. The molecule has 0 aliphatic heterocycles. The van der Waals surface area contributed by atoms with Crippen molar-refractivity contribution in [1.82, 2.24) is 0 Å². The van der Waals surface area contributed by atoms with Crippen LogP contribution in [-0.2, 0) is 12.8 Å². The highest BCUT2D eigenvalue weighted by Crippen LogP contribution is 2.28. The summed E-state index contributed by atoms with van der Waals surface area (Å²) in [4.78, 5) is 0. The predicted octanol–water partition coefficient (Wildman–Crippen LogP) is 3.55. The molecule has 2 nitrogen and oxygen atoms in total. The summed E-state index contributed by atoms with van der Waals surface area (Å²) in [5.74, 6) is 1.77. The van der Waals surface area contributed by atoms with Gasteiger partial charge < -0.3 is 9.47 Å². The van der Waals surface area contributed by atoms with Crippen molar-refractivity contribution in [3.05, 3.63) is 59.2 Å². The molecule has 0 radical (unpaired) electrons. The van der Waals surface area contributed by atoms with E-state index in [1.54, 1.807) is 7.11 Å². The van der Waals surface area contributed by atoms with Gasteiger partial charge in [0.05, 0.1) is 7.11 Å². The number of hydrogen-bond acceptors (Lipinski definition) is 2. The van der Waals surface area contributed by atoms with Crippen molar-refractivity contribution in [3.63, 3.8) is 0 Å². The van der Waals surface area contributed by atoms with Gasteiger partial charge in [0.1, 0.15) is 17.6 Å². The molecule has 2 aromatic carbocycles. The zero-order chi connectivity index (χ0) is 13.2. The second-order valence-electron chi connectivity index (χ2n) is 5.04. The number of rotatable bonds is 3. The summed E-state index contributed by atoms with van der Waals surface area (Å²) in [5.41, 5.74) is 4.26. The molecule has 0 saturated carbocycles. The fourth-order valence-corrected chi connectivity index (χ4v) is 2.72. The first-order valence-corrected chi connectivity index (χ1v) is 6.64. The standard InChI is InChI=1S/C17H18O2/c1-12-4-3-5-13-10-16(11-17(12)13)19-15-8-6-14(18-2)7-9-15/h3-9,16H,10-11H2,1-2H3. The predicted molar refractivity (Wildman–Crippen MR) is 76.0 cm³/mol. The molecule has 1 aliphatic rings. The van der Waals surface area contributed by atoms with Gasteiger partial charge in [-0.15, -0.1) is 0 Å². The summed E-state index contributed by atoms with van der Waals surface area (Å²) in [6.45, 7) is 2.18. The van der Waals surface area contributed by atoms with Crippen LogP contribution >= 0.6 is 0 Å². The van der Waals surface area contributed by atoms with Crippen LogP contribution in [0.25, 0.3) is 0 Å². The van der Waals surface area contributed by atoms with Gasteiger partial charge in [0.15, 0.2) is 0 Å². The van der Waals surface area contributed by atoms with Gasteiger partial charge in [0.25, 0.3) is 0 Å². The molecule has 0 heterocycles. The van der Waals surface area contributed by atoms with Gasteiger partial charge in [-0.25, -0.2) is 0 Å². The maximum Gasteiger partial charge on any atom is 0.120 e. The molecule has 98 valence electrons. The Hall–Kier alpha value is -1.96. The number of fused-ring (bicyclic) bond motifs is 1. The Morgan fingerprint density at radius 1 is 0.947 bits per heavy atom. The van der Waals surface area contributed by atoms with Gasteiger partial charge in [0.2, 0.25) is 0 Å². The maximum absolute atomic E-state index is 6.06. The van der Waals surface area contributed by atoms with Gasteiger partial charge in [-0.3, -0.25) is 0 Å². The zero-order valence-corrected chi connectivity index (χ0v) is 11.3. The molecule has 2 heteroatoms. The summed E-state index contributed by atoms with van der Waals surface area (Å²) in [6.07, 6.45) is 2.27. The Bertz CT molecular complexity index is 572. The molecule has 1 unspecified atom stereocenters. The lowest BCUT2D eigenvalue weighted by Gasteiger charge is -2.13. The SMILES string of the molecule is COc1ccc(OC2Cc3cccc(C)c3C2)cc1. The third-order valence-corrected chi connectivity index (χ3v) is 3.75. The number of methoxy groups -OCH3 is 1. The van der Waals surface area contributed by atoms with Crippen molar-refractivity contribution < 1.29 is 9.47 Å². The molecule has 0 saturated heterocycles. The first-order valence-electron chi connectivity index (χ1n) is 6.64. The normalized spacial score (nSPS) is 17.1. The molecule has 19 heavy (non-hydrogen) atoms. The molecule has 1 aliphatic carbocycles. The Balaban J connectivity index is 1.71. The zero-order valence-electron chi connectivity index (χ0n) is 11.3. The number of aryl methyl sites for hydroxylation is 1. The Kier molecular flexibility index (Phi) is 3.16. The lowest BCUT2D eigenvalue weighted by molar-refractivity contribution is 0.213. The smallest absolute Gasteiger partial charge is 0.120 e. The van der Waals surface area contributed by atoms with E-state index < -0.39 is 0 Å². The Labute approximate surface area is 114 Å². The fraction of sp³-hybridized carbons (Fsp3) is 0.294. The molecule has 0 fully saturated rings. The van der Waals surface area contributed by atoms with Gasteiger partial charge in [-0.05, 0) is 47.9 Å². The Morgan fingerprint density at radius 2 is 1.68 bits per heavy atom. The topological polar surface area (TPSA) is 18.5 Å². The minimum absolute atomic E-state index is 0.254. The summed E-state index contributed by atoms with van der Waals surface area (Å²) in [7, 11) is 1.67. The highest BCUT2D eigenvalue weighted by molar-refractivity contribution is 5.40. The van der Waals surface area contributed by atoms with Gasteiger partial charge in [-0.1, -0.05) is 18.2 Å². The average molecular weight is 254 g/mol. The highest BCUT2D eigenvalue weighted by Gasteiger charge is 2.23.